The molecule has 19 heavy (non-hydrogen) atoms. The minimum Gasteiger partial charge on any atom is -0.503 e. The quantitative estimate of drug-likeness (QED) is 0.785. The van der Waals surface area contributed by atoms with Crippen molar-refractivity contribution in [1.82, 2.24) is 0 Å². The molecule has 6 heteroatoms. The van der Waals surface area contributed by atoms with Crippen molar-refractivity contribution in [1.29, 1.82) is 0 Å². The standard InChI is InChI=1S/C13H9Br2F2NO/c14-8-2-1-3-9(15)12(8)18-6-7-4-10(16)13(19)11(17)5-7/h1-5,18-19H,6H2. The Morgan fingerprint density at radius 3 is 2.11 bits per heavy atom. The maximum atomic E-state index is 13.2. The summed E-state index contributed by atoms with van der Waals surface area (Å²) in [6.07, 6.45) is 0. The van der Waals surface area contributed by atoms with Gasteiger partial charge in [0.1, 0.15) is 0 Å². The van der Waals surface area contributed by atoms with Gasteiger partial charge in [-0.25, -0.2) is 8.78 Å². The summed E-state index contributed by atoms with van der Waals surface area (Å²) in [5.41, 5.74) is 1.19. The average Bonchev–Trinajstić information content (AvgIpc) is 2.35. The van der Waals surface area contributed by atoms with Crippen LogP contribution in [0.1, 0.15) is 5.56 Å². The number of rotatable bonds is 3. The third kappa shape index (κ3) is 3.25. The molecule has 2 N–H and O–H groups in total. The number of hydrogen-bond acceptors (Lipinski definition) is 2. The highest BCUT2D eigenvalue weighted by Crippen LogP contribution is 2.31. The van der Waals surface area contributed by atoms with E-state index in [-0.39, 0.29) is 6.54 Å². The van der Waals surface area contributed by atoms with Gasteiger partial charge in [-0.1, -0.05) is 6.07 Å². The van der Waals surface area contributed by atoms with E-state index >= 15 is 0 Å². The van der Waals surface area contributed by atoms with E-state index in [2.05, 4.69) is 37.2 Å². The van der Waals surface area contributed by atoms with Gasteiger partial charge in [-0.05, 0) is 61.7 Å². The van der Waals surface area contributed by atoms with Gasteiger partial charge in [0.25, 0.3) is 0 Å². The molecule has 0 spiro atoms. The van der Waals surface area contributed by atoms with Crippen molar-refractivity contribution >= 4 is 37.5 Å². The second-order valence-corrected chi connectivity index (χ2v) is 5.57. The number of nitrogens with one attached hydrogen (secondary N) is 1. The number of halogens is 4. The number of para-hydroxylation sites is 1. The van der Waals surface area contributed by atoms with Gasteiger partial charge in [0.05, 0.1) is 5.69 Å². The average molecular weight is 393 g/mol. The number of anilines is 1. The van der Waals surface area contributed by atoms with Crippen LogP contribution in [0.3, 0.4) is 0 Å². The van der Waals surface area contributed by atoms with E-state index in [1.54, 1.807) is 0 Å². The van der Waals surface area contributed by atoms with Gasteiger partial charge in [0.2, 0.25) is 0 Å². The maximum Gasteiger partial charge on any atom is 0.187 e. The molecule has 100 valence electrons. The Bertz CT molecular complexity index is 576. The van der Waals surface area contributed by atoms with Crippen LogP contribution in [-0.4, -0.2) is 5.11 Å². The predicted octanol–water partition coefficient (Wildman–Crippen LogP) is 4.81. The van der Waals surface area contributed by atoms with Crippen LogP contribution >= 0.6 is 31.9 Å². The summed E-state index contributed by atoms with van der Waals surface area (Å²) in [4.78, 5) is 0. The van der Waals surface area contributed by atoms with Crippen LogP contribution in [0.25, 0.3) is 0 Å². The predicted molar refractivity (Wildman–Crippen MR) is 77.2 cm³/mol. The molecule has 2 rings (SSSR count). The zero-order valence-corrected chi connectivity index (χ0v) is 12.7. The van der Waals surface area contributed by atoms with Crippen molar-refractivity contribution in [2.45, 2.75) is 6.54 Å². The summed E-state index contributed by atoms with van der Waals surface area (Å²) in [5, 5.41) is 12.1. The van der Waals surface area contributed by atoms with Gasteiger partial charge < -0.3 is 10.4 Å². The van der Waals surface area contributed by atoms with Gasteiger partial charge in [-0.2, -0.15) is 0 Å². The molecule has 0 heterocycles. The summed E-state index contributed by atoms with van der Waals surface area (Å²) < 4.78 is 28.0. The lowest BCUT2D eigenvalue weighted by Gasteiger charge is -2.11. The highest BCUT2D eigenvalue weighted by Gasteiger charge is 2.10. The minimum absolute atomic E-state index is 0.231. The van der Waals surface area contributed by atoms with Crippen LogP contribution in [0.15, 0.2) is 39.3 Å². The molecular formula is C13H9Br2F2NO. The van der Waals surface area contributed by atoms with Gasteiger partial charge >= 0.3 is 0 Å². The lowest BCUT2D eigenvalue weighted by molar-refractivity contribution is 0.395. The molecule has 0 aromatic heterocycles. The first kappa shape index (κ1) is 14.3. The first-order valence-corrected chi connectivity index (χ1v) is 6.92. The zero-order valence-electron chi connectivity index (χ0n) is 9.55. The third-order valence-corrected chi connectivity index (χ3v) is 3.83. The molecule has 0 fully saturated rings. The van der Waals surface area contributed by atoms with E-state index in [1.807, 2.05) is 18.2 Å². The Balaban J connectivity index is 2.19. The number of phenolic OH excluding ortho intramolecular Hbond substituents is 1. The van der Waals surface area contributed by atoms with Crippen molar-refractivity contribution in [3.8, 4) is 5.75 Å². The molecule has 0 bridgehead atoms. The highest BCUT2D eigenvalue weighted by atomic mass is 79.9. The first-order valence-electron chi connectivity index (χ1n) is 5.34. The van der Waals surface area contributed by atoms with Crippen LogP contribution in [0.4, 0.5) is 14.5 Å². The van der Waals surface area contributed by atoms with Gasteiger partial charge in [0.15, 0.2) is 17.4 Å². The van der Waals surface area contributed by atoms with Crippen molar-refractivity contribution in [2.75, 3.05) is 5.32 Å². The fourth-order valence-electron chi connectivity index (χ4n) is 1.58. The van der Waals surface area contributed by atoms with Crippen molar-refractivity contribution in [2.24, 2.45) is 0 Å². The van der Waals surface area contributed by atoms with Gasteiger partial charge in [-0.3, -0.25) is 0 Å². The lowest BCUT2D eigenvalue weighted by atomic mass is 10.2. The molecule has 0 amide bonds. The van der Waals surface area contributed by atoms with E-state index in [1.165, 1.54) is 0 Å². The Morgan fingerprint density at radius 2 is 1.58 bits per heavy atom. The van der Waals surface area contributed by atoms with Crippen molar-refractivity contribution in [3.63, 3.8) is 0 Å². The largest absolute Gasteiger partial charge is 0.503 e. The number of benzene rings is 2. The van der Waals surface area contributed by atoms with Crippen LogP contribution < -0.4 is 5.32 Å². The Morgan fingerprint density at radius 1 is 1.05 bits per heavy atom. The zero-order chi connectivity index (χ0) is 14.0. The van der Waals surface area contributed by atoms with E-state index < -0.39 is 17.4 Å². The highest BCUT2D eigenvalue weighted by molar-refractivity contribution is 9.11. The molecule has 0 aliphatic carbocycles. The monoisotopic (exact) mass is 391 g/mol. The Kier molecular flexibility index (Phi) is 4.42. The number of hydrogen-bond donors (Lipinski definition) is 2. The van der Waals surface area contributed by atoms with Crippen LogP contribution in [0.5, 0.6) is 5.75 Å². The fourth-order valence-corrected chi connectivity index (χ4v) is 2.86. The summed E-state index contributed by atoms with van der Waals surface area (Å²) in [7, 11) is 0. The van der Waals surface area contributed by atoms with Crippen LogP contribution in [-0.2, 0) is 6.54 Å². The number of phenols is 1. The van der Waals surface area contributed by atoms with Gasteiger partial charge in [-0.15, -0.1) is 0 Å². The molecule has 2 aromatic carbocycles. The van der Waals surface area contributed by atoms with Crippen molar-refractivity contribution < 1.29 is 13.9 Å². The molecule has 0 unspecified atom stereocenters. The summed E-state index contributed by atoms with van der Waals surface area (Å²) in [5.74, 6) is -2.89. The fraction of sp³-hybridized carbons (Fsp3) is 0.0769. The molecule has 2 aromatic rings. The first-order chi connectivity index (χ1) is 8.99. The smallest absolute Gasteiger partial charge is 0.187 e. The Labute approximate surface area is 125 Å². The molecule has 0 atom stereocenters. The molecule has 0 aliphatic rings. The van der Waals surface area contributed by atoms with Crippen molar-refractivity contribution in [3.05, 3.63) is 56.5 Å². The van der Waals surface area contributed by atoms with E-state index in [9.17, 15) is 8.78 Å². The van der Waals surface area contributed by atoms with Crippen LogP contribution in [0.2, 0.25) is 0 Å². The molecule has 0 saturated carbocycles. The Hall–Kier alpha value is -1.14. The van der Waals surface area contributed by atoms with E-state index in [0.717, 1.165) is 26.8 Å². The summed E-state index contributed by atoms with van der Waals surface area (Å²) in [6.45, 7) is 0.231. The normalized spacial score (nSPS) is 10.5. The molecule has 0 aliphatic heterocycles. The maximum absolute atomic E-state index is 13.2. The number of aromatic hydroxyl groups is 1. The van der Waals surface area contributed by atoms with E-state index in [4.69, 9.17) is 5.11 Å². The topological polar surface area (TPSA) is 32.3 Å². The lowest BCUT2D eigenvalue weighted by Crippen LogP contribution is -2.02. The summed E-state index contributed by atoms with van der Waals surface area (Å²) in [6, 6.07) is 7.75. The molecule has 0 saturated heterocycles. The molecule has 0 radical (unpaired) electrons. The van der Waals surface area contributed by atoms with Crippen LogP contribution in [0, 0.1) is 11.6 Å². The van der Waals surface area contributed by atoms with E-state index in [0.29, 0.717) is 5.56 Å². The third-order valence-electron chi connectivity index (χ3n) is 2.51. The minimum atomic E-state index is -0.969. The van der Waals surface area contributed by atoms with Gasteiger partial charge in [0, 0.05) is 15.5 Å². The second-order valence-electron chi connectivity index (χ2n) is 3.86. The SMILES string of the molecule is Oc1c(F)cc(CNc2c(Br)cccc2Br)cc1F. The molecule has 2 nitrogen and oxygen atoms in total. The summed E-state index contributed by atoms with van der Waals surface area (Å²) >= 11 is 6.76. The molecular weight excluding hydrogens is 384 g/mol. The second kappa shape index (κ2) is 5.88.